The Morgan fingerprint density at radius 3 is 2.54 bits per heavy atom. The van der Waals surface area contributed by atoms with E-state index in [-0.39, 0.29) is 18.4 Å². The minimum atomic E-state index is -4.92. The zero-order chi connectivity index (χ0) is 19.5. The average molecular weight is 390 g/mol. The van der Waals surface area contributed by atoms with Gasteiger partial charge in [0, 0.05) is 18.3 Å². The fraction of sp³-hybridized carbons (Fsp3) is 0.667. The molecule has 0 spiro atoms. The number of hydrogen-bond donors (Lipinski definition) is 4. The van der Waals surface area contributed by atoms with Crippen LogP contribution in [0.4, 0.5) is 0 Å². The summed E-state index contributed by atoms with van der Waals surface area (Å²) in [6.45, 7) is 1.79. The van der Waals surface area contributed by atoms with Gasteiger partial charge in [0.25, 0.3) is 11.4 Å². The highest BCUT2D eigenvalue weighted by atomic mass is 31.2. The largest absolute Gasteiger partial charge is 0.479 e. The molecule has 0 aromatic carbocycles. The quantitative estimate of drug-likeness (QED) is 0.482. The van der Waals surface area contributed by atoms with Crippen molar-refractivity contribution >= 4 is 13.6 Å². The molecule has 1 saturated carbocycles. The van der Waals surface area contributed by atoms with E-state index in [4.69, 9.17) is 19.6 Å². The van der Waals surface area contributed by atoms with Gasteiger partial charge in [-0.25, -0.2) is 9.59 Å². The first-order chi connectivity index (χ1) is 12.1. The summed E-state index contributed by atoms with van der Waals surface area (Å²) in [5.41, 5.74) is -0.564. The van der Waals surface area contributed by atoms with E-state index in [0.717, 1.165) is 19.3 Å². The highest BCUT2D eigenvalue weighted by Gasteiger charge is 2.38. The molecule has 0 bridgehead atoms. The number of carboxylic acid groups (broad SMARTS) is 1. The third-order valence-electron chi connectivity index (χ3n) is 4.67. The Hall–Kier alpha value is -1.74. The molecule has 1 aliphatic rings. The maximum absolute atomic E-state index is 12.0. The summed E-state index contributed by atoms with van der Waals surface area (Å²) in [6, 6.07) is 0. The molecule has 4 N–H and O–H groups in total. The number of aromatic amines is 1. The van der Waals surface area contributed by atoms with Crippen LogP contribution in [-0.4, -0.2) is 42.9 Å². The summed E-state index contributed by atoms with van der Waals surface area (Å²) in [5, 5.41) is 8.94. The number of aryl methyl sites for hydroxylation is 1. The Morgan fingerprint density at radius 1 is 1.35 bits per heavy atom. The Labute approximate surface area is 149 Å². The van der Waals surface area contributed by atoms with Crippen LogP contribution in [0.1, 0.15) is 31.2 Å². The van der Waals surface area contributed by atoms with Crippen LogP contribution in [0, 0.1) is 18.8 Å². The fourth-order valence-electron chi connectivity index (χ4n) is 3.28. The maximum Gasteiger partial charge on any atom is 0.365 e. The van der Waals surface area contributed by atoms with Gasteiger partial charge in [-0.15, -0.1) is 0 Å². The molecule has 1 fully saturated rings. The number of rotatable bonds is 7. The van der Waals surface area contributed by atoms with Gasteiger partial charge < -0.3 is 24.2 Å². The van der Waals surface area contributed by atoms with Gasteiger partial charge in [0.05, 0.1) is 6.61 Å². The van der Waals surface area contributed by atoms with Crippen molar-refractivity contribution in [2.24, 2.45) is 11.8 Å². The van der Waals surface area contributed by atoms with E-state index in [2.05, 4.69) is 4.98 Å². The zero-order valence-electron chi connectivity index (χ0n) is 14.3. The molecule has 1 unspecified atom stereocenters. The third-order valence-corrected chi connectivity index (χ3v) is 5.65. The Balaban J connectivity index is 2.11. The van der Waals surface area contributed by atoms with E-state index in [1.54, 1.807) is 6.92 Å². The topological polar surface area (TPSA) is 159 Å². The van der Waals surface area contributed by atoms with Crippen LogP contribution >= 0.6 is 7.60 Å². The molecule has 3 atom stereocenters. The van der Waals surface area contributed by atoms with Crippen LogP contribution in [0.15, 0.2) is 15.8 Å². The molecule has 0 aliphatic heterocycles. The molecular formula is C15H23N2O8P. The standard InChI is InChI=1S/C15H23N2O8P/c1-9-6-17(15(21)16-12(9)18)7-10-4-2-3-5-11(10)8-25-14(13(19)20)26(22,23)24/h6,10-11,14H,2-5,7-8H2,1H3,(H,19,20)(H,16,18,21)(H2,22,23,24)/t10-,11+,14?/m1/s1. The number of aromatic nitrogens is 2. The van der Waals surface area contributed by atoms with E-state index in [1.807, 2.05) is 0 Å². The molecule has 26 heavy (non-hydrogen) atoms. The lowest BCUT2D eigenvalue weighted by atomic mass is 9.79. The number of H-pyrrole nitrogens is 1. The third kappa shape index (κ3) is 5.14. The first kappa shape index (κ1) is 20.6. The summed E-state index contributed by atoms with van der Waals surface area (Å²) >= 11 is 0. The highest BCUT2D eigenvalue weighted by molar-refractivity contribution is 7.53. The van der Waals surface area contributed by atoms with Crippen LogP contribution in [0.3, 0.4) is 0 Å². The number of nitrogens with zero attached hydrogens (tertiary/aromatic N) is 1. The fourth-order valence-corrected chi connectivity index (χ4v) is 3.85. The minimum absolute atomic E-state index is 0.0297. The second kappa shape index (κ2) is 8.30. The van der Waals surface area contributed by atoms with Crippen LogP contribution in [0.2, 0.25) is 0 Å². The van der Waals surface area contributed by atoms with Crippen molar-refractivity contribution in [1.82, 2.24) is 9.55 Å². The van der Waals surface area contributed by atoms with E-state index in [0.29, 0.717) is 18.5 Å². The second-order valence-corrected chi connectivity index (χ2v) is 8.29. The predicted molar refractivity (Wildman–Crippen MR) is 90.9 cm³/mol. The lowest BCUT2D eigenvalue weighted by Gasteiger charge is -2.32. The van der Waals surface area contributed by atoms with Gasteiger partial charge >= 0.3 is 19.3 Å². The molecule has 0 radical (unpaired) electrons. The van der Waals surface area contributed by atoms with Crippen molar-refractivity contribution < 1.29 is 29.0 Å². The van der Waals surface area contributed by atoms with Gasteiger partial charge in [-0.2, -0.15) is 0 Å². The Kier molecular flexibility index (Phi) is 6.57. The minimum Gasteiger partial charge on any atom is -0.479 e. The Bertz CT molecular complexity index is 811. The number of ether oxygens (including phenoxy) is 1. The van der Waals surface area contributed by atoms with Gasteiger partial charge in [-0.1, -0.05) is 12.8 Å². The molecule has 0 amide bonds. The van der Waals surface area contributed by atoms with Crippen LogP contribution in [0.25, 0.3) is 0 Å². The lowest BCUT2D eigenvalue weighted by molar-refractivity contribution is -0.147. The van der Waals surface area contributed by atoms with Crippen molar-refractivity contribution in [2.45, 2.75) is 45.0 Å². The van der Waals surface area contributed by atoms with Gasteiger partial charge in [-0.3, -0.25) is 14.3 Å². The van der Waals surface area contributed by atoms with E-state index in [1.165, 1.54) is 10.8 Å². The van der Waals surface area contributed by atoms with Crippen LogP contribution in [0.5, 0.6) is 0 Å². The number of aliphatic carboxylic acids is 1. The number of carboxylic acids is 1. The van der Waals surface area contributed by atoms with Gasteiger partial charge in [0.1, 0.15) is 0 Å². The first-order valence-corrected chi connectivity index (χ1v) is 9.97. The average Bonchev–Trinajstić information content (AvgIpc) is 2.52. The van der Waals surface area contributed by atoms with Crippen molar-refractivity contribution in [2.75, 3.05) is 6.61 Å². The second-order valence-electron chi connectivity index (χ2n) is 6.64. The normalized spacial score (nSPS) is 22.1. The summed E-state index contributed by atoms with van der Waals surface area (Å²) in [4.78, 5) is 54.9. The van der Waals surface area contributed by atoms with Crippen molar-refractivity contribution in [3.8, 4) is 0 Å². The molecule has 1 aliphatic carbocycles. The predicted octanol–water partition coefficient (Wildman–Crippen LogP) is 0.256. The molecule has 2 rings (SSSR count). The SMILES string of the molecule is Cc1cn(C[C@H]2CCCC[C@H]2COC(C(=O)O)P(=O)(O)O)c(=O)[nH]c1=O. The molecule has 11 heteroatoms. The summed E-state index contributed by atoms with van der Waals surface area (Å²) in [6.07, 6.45) is 4.77. The number of nitrogens with one attached hydrogen (secondary N) is 1. The van der Waals surface area contributed by atoms with E-state index in [9.17, 15) is 18.9 Å². The first-order valence-electron chi connectivity index (χ1n) is 8.29. The van der Waals surface area contributed by atoms with Crippen LogP contribution < -0.4 is 11.2 Å². The van der Waals surface area contributed by atoms with Gasteiger partial charge in [0.2, 0.25) is 0 Å². The molecular weight excluding hydrogens is 367 g/mol. The van der Waals surface area contributed by atoms with Gasteiger partial charge in [0.15, 0.2) is 0 Å². The highest BCUT2D eigenvalue weighted by Crippen LogP contribution is 2.43. The maximum atomic E-state index is 12.0. The summed E-state index contributed by atoms with van der Waals surface area (Å²) in [5.74, 6) is -4.07. The molecule has 146 valence electrons. The zero-order valence-corrected chi connectivity index (χ0v) is 15.2. The summed E-state index contributed by atoms with van der Waals surface area (Å²) in [7, 11) is -4.92. The molecule has 1 aromatic rings. The number of carbonyl (C=O) groups is 1. The molecule has 0 saturated heterocycles. The molecule has 10 nitrogen and oxygen atoms in total. The van der Waals surface area contributed by atoms with Crippen LogP contribution in [-0.2, 0) is 20.6 Å². The summed E-state index contributed by atoms with van der Waals surface area (Å²) < 4.78 is 17.7. The molecule has 1 heterocycles. The lowest BCUT2D eigenvalue weighted by Crippen LogP contribution is -2.36. The van der Waals surface area contributed by atoms with Gasteiger partial charge in [-0.05, 0) is 31.6 Å². The van der Waals surface area contributed by atoms with E-state index < -0.39 is 30.7 Å². The number of hydrogen-bond acceptors (Lipinski definition) is 5. The smallest absolute Gasteiger partial charge is 0.365 e. The Morgan fingerprint density at radius 2 is 1.96 bits per heavy atom. The van der Waals surface area contributed by atoms with Crippen molar-refractivity contribution in [3.05, 3.63) is 32.6 Å². The van der Waals surface area contributed by atoms with E-state index >= 15 is 0 Å². The monoisotopic (exact) mass is 390 g/mol. The molecule has 1 aromatic heterocycles. The van der Waals surface area contributed by atoms with Crippen molar-refractivity contribution in [1.29, 1.82) is 0 Å². The van der Waals surface area contributed by atoms with Crippen molar-refractivity contribution in [3.63, 3.8) is 0 Å².